The zero-order valence-electron chi connectivity index (χ0n) is 8.72. The topological polar surface area (TPSA) is 60.7 Å². The van der Waals surface area contributed by atoms with Crippen LogP contribution in [0.15, 0.2) is 11.4 Å². The van der Waals surface area contributed by atoms with Crippen LogP contribution in [0.5, 0.6) is 0 Å². The molecule has 0 radical (unpaired) electrons. The minimum absolute atomic E-state index is 0.0137. The standard InChI is InChI=1S/C11H18O3S/c12-5-2-1-3-11-10(4-6-15-11)9(7-13)8-14/h4,6,9,12-14H,1-3,5,7-8H2. The molecule has 0 saturated heterocycles. The van der Waals surface area contributed by atoms with Crippen molar-refractivity contribution in [2.24, 2.45) is 0 Å². The number of hydrogen-bond donors (Lipinski definition) is 3. The Morgan fingerprint density at radius 2 is 1.87 bits per heavy atom. The van der Waals surface area contributed by atoms with Crippen LogP contribution in [0, 0.1) is 0 Å². The second kappa shape index (κ2) is 6.95. The molecule has 0 atom stereocenters. The van der Waals surface area contributed by atoms with Gasteiger partial charge >= 0.3 is 0 Å². The zero-order valence-corrected chi connectivity index (χ0v) is 9.54. The molecule has 0 unspecified atom stereocenters. The van der Waals surface area contributed by atoms with E-state index in [0.717, 1.165) is 24.8 Å². The minimum atomic E-state index is -0.152. The Morgan fingerprint density at radius 1 is 1.13 bits per heavy atom. The molecule has 3 N–H and O–H groups in total. The summed E-state index contributed by atoms with van der Waals surface area (Å²) in [5, 5.41) is 28.9. The van der Waals surface area contributed by atoms with Gasteiger partial charge < -0.3 is 15.3 Å². The summed E-state index contributed by atoms with van der Waals surface area (Å²) in [6, 6.07) is 1.97. The van der Waals surface area contributed by atoms with Gasteiger partial charge in [-0.25, -0.2) is 0 Å². The van der Waals surface area contributed by atoms with Crippen molar-refractivity contribution in [1.29, 1.82) is 0 Å². The van der Waals surface area contributed by atoms with Gasteiger partial charge in [-0.2, -0.15) is 0 Å². The summed E-state index contributed by atoms with van der Waals surface area (Å²) < 4.78 is 0. The molecule has 86 valence electrons. The number of aryl methyl sites for hydroxylation is 1. The van der Waals surface area contributed by atoms with Crippen LogP contribution in [0.1, 0.15) is 29.2 Å². The molecular weight excluding hydrogens is 212 g/mol. The molecule has 0 aliphatic carbocycles. The van der Waals surface area contributed by atoms with Crippen LogP contribution < -0.4 is 0 Å². The lowest BCUT2D eigenvalue weighted by Crippen LogP contribution is -2.09. The van der Waals surface area contributed by atoms with Gasteiger partial charge in [0.15, 0.2) is 0 Å². The molecule has 0 aliphatic heterocycles. The van der Waals surface area contributed by atoms with Crippen molar-refractivity contribution in [2.45, 2.75) is 25.2 Å². The number of aliphatic hydroxyl groups is 3. The lowest BCUT2D eigenvalue weighted by atomic mass is 10.00. The van der Waals surface area contributed by atoms with Gasteiger partial charge in [-0.05, 0) is 36.3 Å². The molecular formula is C11H18O3S. The van der Waals surface area contributed by atoms with E-state index in [1.165, 1.54) is 4.88 Å². The molecule has 0 aliphatic rings. The maximum absolute atomic E-state index is 9.10. The number of thiophene rings is 1. The Kier molecular flexibility index (Phi) is 5.86. The number of rotatable bonds is 7. The average molecular weight is 230 g/mol. The lowest BCUT2D eigenvalue weighted by Gasteiger charge is -2.11. The summed E-state index contributed by atoms with van der Waals surface area (Å²) in [6.07, 6.45) is 2.68. The Bertz CT molecular complexity index is 269. The van der Waals surface area contributed by atoms with Crippen molar-refractivity contribution < 1.29 is 15.3 Å². The van der Waals surface area contributed by atoms with Crippen molar-refractivity contribution in [3.8, 4) is 0 Å². The molecule has 0 spiro atoms. The van der Waals surface area contributed by atoms with Crippen molar-refractivity contribution in [3.05, 3.63) is 21.9 Å². The molecule has 0 aromatic carbocycles. The Hall–Kier alpha value is -0.420. The molecule has 1 aromatic rings. The minimum Gasteiger partial charge on any atom is -0.396 e. The Morgan fingerprint density at radius 3 is 2.47 bits per heavy atom. The zero-order chi connectivity index (χ0) is 11.1. The molecule has 0 saturated carbocycles. The largest absolute Gasteiger partial charge is 0.396 e. The van der Waals surface area contributed by atoms with Crippen LogP contribution in [-0.2, 0) is 6.42 Å². The van der Waals surface area contributed by atoms with Gasteiger partial charge in [-0.15, -0.1) is 11.3 Å². The highest BCUT2D eigenvalue weighted by Crippen LogP contribution is 2.26. The molecule has 1 rings (SSSR count). The Balaban J connectivity index is 2.59. The summed E-state index contributed by atoms with van der Waals surface area (Å²) in [7, 11) is 0. The van der Waals surface area contributed by atoms with Crippen molar-refractivity contribution in [1.82, 2.24) is 0 Å². The average Bonchev–Trinajstić information content (AvgIpc) is 2.69. The lowest BCUT2D eigenvalue weighted by molar-refractivity contribution is 0.192. The van der Waals surface area contributed by atoms with Gasteiger partial charge in [0.05, 0.1) is 13.2 Å². The molecule has 15 heavy (non-hydrogen) atoms. The van der Waals surface area contributed by atoms with Crippen LogP contribution in [0.2, 0.25) is 0 Å². The SMILES string of the molecule is OCCCCc1sccc1C(CO)CO. The van der Waals surface area contributed by atoms with E-state index in [-0.39, 0.29) is 25.7 Å². The van der Waals surface area contributed by atoms with E-state index in [9.17, 15) is 0 Å². The van der Waals surface area contributed by atoms with E-state index < -0.39 is 0 Å². The molecule has 1 aromatic heterocycles. The fourth-order valence-corrected chi connectivity index (χ4v) is 2.58. The fourth-order valence-electron chi connectivity index (χ4n) is 1.57. The molecule has 1 heterocycles. The van der Waals surface area contributed by atoms with Gasteiger partial charge in [-0.1, -0.05) is 0 Å². The third-order valence-electron chi connectivity index (χ3n) is 2.47. The third kappa shape index (κ3) is 3.57. The van der Waals surface area contributed by atoms with Gasteiger partial charge in [0.25, 0.3) is 0 Å². The summed E-state index contributed by atoms with van der Waals surface area (Å²) in [5.41, 5.74) is 1.06. The monoisotopic (exact) mass is 230 g/mol. The van der Waals surface area contributed by atoms with Crippen molar-refractivity contribution in [3.63, 3.8) is 0 Å². The molecule has 0 fully saturated rings. The second-order valence-corrected chi connectivity index (χ2v) is 4.54. The number of unbranched alkanes of at least 4 members (excludes halogenated alkanes) is 1. The summed E-state index contributed by atoms with van der Waals surface area (Å²) >= 11 is 1.66. The summed E-state index contributed by atoms with van der Waals surface area (Å²) in [6.45, 7) is 0.199. The third-order valence-corrected chi connectivity index (χ3v) is 3.47. The van der Waals surface area contributed by atoms with Crippen molar-refractivity contribution >= 4 is 11.3 Å². The van der Waals surface area contributed by atoms with E-state index >= 15 is 0 Å². The first-order chi connectivity index (χ1) is 7.33. The maximum Gasteiger partial charge on any atom is 0.0522 e. The Labute approximate surface area is 94.0 Å². The normalized spacial score (nSPS) is 11.2. The van der Waals surface area contributed by atoms with Gasteiger partial charge in [0.1, 0.15) is 0 Å². The first-order valence-corrected chi connectivity index (χ1v) is 6.10. The van der Waals surface area contributed by atoms with Crippen LogP contribution in [0.4, 0.5) is 0 Å². The number of aliphatic hydroxyl groups excluding tert-OH is 3. The van der Waals surface area contributed by atoms with Gasteiger partial charge in [-0.3, -0.25) is 0 Å². The van der Waals surface area contributed by atoms with Crippen molar-refractivity contribution in [2.75, 3.05) is 19.8 Å². The first kappa shape index (κ1) is 12.6. The van der Waals surface area contributed by atoms with E-state index in [1.807, 2.05) is 11.4 Å². The quantitative estimate of drug-likeness (QED) is 0.615. The van der Waals surface area contributed by atoms with E-state index in [0.29, 0.717) is 0 Å². The summed E-state index contributed by atoms with van der Waals surface area (Å²) in [5.74, 6) is -0.152. The first-order valence-electron chi connectivity index (χ1n) is 5.22. The van der Waals surface area contributed by atoms with Crippen LogP contribution in [0.3, 0.4) is 0 Å². The summed E-state index contributed by atoms with van der Waals surface area (Å²) in [4.78, 5) is 1.22. The maximum atomic E-state index is 9.10. The predicted molar refractivity (Wildman–Crippen MR) is 61.3 cm³/mol. The molecule has 0 amide bonds. The van der Waals surface area contributed by atoms with Crippen LogP contribution in [0.25, 0.3) is 0 Å². The van der Waals surface area contributed by atoms with E-state index in [4.69, 9.17) is 15.3 Å². The van der Waals surface area contributed by atoms with Gasteiger partial charge in [0.2, 0.25) is 0 Å². The van der Waals surface area contributed by atoms with Crippen LogP contribution in [-0.4, -0.2) is 35.1 Å². The smallest absolute Gasteiger partial charge is 0.0522 e. The van der Waals surface area contributed by atoms with Crippen LogP contribution >= 0.6 is 11.3 Å². The predicted octanol–water partition coefficient (Wildman–Crippen LogP) is 1.13. The molecule has 0 bridgehead atoms. The molecule has 4 heteroatoms. The van der Waals surface area contributed by atoms with Gasteiger partial charge in [0, 0.05) is 17.4 Å². The fraction of sp³-hybridized carbons (Fsp3) is 0.636. The second-order valence-electron chi connectivity index (χ2n) is 3.54. The highest BCUT2D eigenvalue weighted by molar-refractivity contribution is 7.10. The highest BCUT2D eigenvalue weighted by atomic mass is 32.1. The number of hydrogen-bond acceptors (Lipinski definition) is 4. The van der Waals surface area contributed by atoms with E-state index in [2.05, 4.69) is 0 Å². The highest BCUT2D eigenvalue weighted by Gasteiger charge is 2.14. The molecule has 3 nitrogen and oxygen atoms in total. The van der Waals surface area contributed by atoms with E-state index in [1.54, 1.807) is 11.3 Å².